The van der Waals surface area contributed by atoms with Crippen molar-refractivity contribution < 1.29 is 14.2 Å². The van der Waals surface area contributed by atoms with Crippen molar-refractivity contribution >= 4 is 0 Å². The van der Waals surface area contributed by atoms with Gasteiger partial charge in [0.05, 0.1) is 21.3 Å². The highest BCUT2D eigenvalue weighted by molar-refractivity contribution is 5.55. The Morgan fingerprint density at radius 1 is 1.00 bits per heavy atom. The summed E-state index contributed by atoms with van der Waals surface area (Å²) in [5.41, 5.74) is 1.37. The molecule has 1 N–H and O–H groups in total. The van der Waals surface area contributed by atoms with Crippen molar-refractivity contribution in [2.75, 3.05) is 27.9 Å². The van der Waals surface area contributed by atoms with Crippen LogP contribution in [-0.2, 0) is 6.54 Å². The van der Waals surface area contributed by atoms with E-state index in [1.54, 1.807) is 21.3 Å². The zero-order valence-corrected chi connectivity index (χ0v) is 14.4. The molecule has 4 heteroatoms. The molecule has 1 aromatic rings. The van der Waals surface area contributed by atoms with Gasteiger partial charge < -0.3 is 19.5 Å². The molecule has 1 rings (SSSR count). The topological polar surface area (TPSA) is 39.7 Å². The van der Waals surface area contributed by atoms with Crippen LogP contribution in [0.15, 0.2) is 12.1 Å². The number of rotatable bonds is 7. The van der Waals surface area contributed by atoms with Crippen molar-refractivity contribution in [2.45, 2.75) is 34.2 Å². The van der Waals surface area contributed by atoms with Crippen LogP contribution in [0.25, 0.3) is 0 Å². The van der Waals surface area contributed by atoms with Crippen LogP contribution in [0.5, 0.6) is 17.2 Å². The molecule has 0 aliphatic heterocycles. The highest BCUT2D eigenvalue weighted by atomic mass is 16.5. The molecule has 1 unspecified atom stereocenters. The second-order valence-electron chi connectivity index (χ2n) is 6.39. The smallest absolute Gasteiger partial charge is 0.203 e. The molecule has 0 amide bonds. The number of methoxy groups -OCH3 is 3. The molecule has 21 heavy (non-hydrogen) atoms. The Morgan fingerprint density at radius 2 is 1.62 bits per heavy atom. The zero-order valence-electron chi connectivity index (χ0n) is 14.4. The second-order valence-corrected chi connectivity index (χ2v) is 6.39. The summed E-state index contributed by atoms with van der Waals surface area (Å²) >= 11 is 0. The molecule has 0 saturated heterocycles. The summed E-state index contributed by atoms with van der Waals surface area (Å²) in [4.78, 5) is 0. The van der Waals surface area contributed by atoms with Crippen LogP contribution >= 0.6 is 0 Å². The molecule has 0 bridgehead atoms. The highest BCUT2D eigenvalue weighted by Gasteiger charge is 2.20. The number of benzene rings is 1. The molecular weight excluding hydrogens is 266 g/mol. The van der Waals surface area contributed by atoms with E-state index in [0.29, 0.717) is 22.8 Å². The third kappa shape index (κ3) is 4.53. The minimum Gasteiger partial charge on any atom is -0.493 e. The molecule has 120 valence electrons. The normalized spacial score (nSPS) is 12.9. The van der Waals surface area contributed by atoms with E-state index in [2.05, 4.69) is 33.0 Å². The maximum atomic E-state index is 5.49. The van der Waals surface area contributed by atoms with E-state index in [-0.39, 0.29) is 0 Å². The zero-order chi connectivity index (χ0) is 16.0. The molecule has 0 saturated carbocycles. The standard InChI is InChI=1S/C17H29NO3/c1-12(17(2,3)4)10-18-11-13-8-9-14(19-5)16(21-7)15(13)20-6/h8-9,12,18H,10-11H2,1-7H3. The summed E-state index contributed by atoms with van der Waals surface area (Å²) in [6.45, 7) is 10.7. The largest absolute Gasteiger partial charge is 0.493 e. The van der Waals surface area contributed by atoms with E-state index in [0.717, 1.165) is 24.4 Å². The minimum absolute atomic E-state index is 0.300. The quantitative estimate of drug-likeness (QED) is 0.836. The van der Waals surface area contributed by atoms with Gasteiger partial charge in [-0.15, -0.1) is 0 Å². The fraction of sp³-hybridized carbons (Fsp3) is 0.647. The number of ether oxygens (including phenoxy) is 3. The molecule has 0 aliphatic carbocycles. The van der Waals surface area contributed by atoms with E-state index >= 15 is 0 Å². The molecule has 0 aromatic heterocycles. The van der Waals surface area contributed by atoms with E-state index in [1.807, 2.05) is 12.1 Å². The van der Waals surface area contributed by atoms with Crippen molar-refractivity contribution in [3.8, 4) is 17.2 Å². The van der Waals surface area contributed by atoms with E-state index in [4.69, 9.17) is 14.2 Å². The molecule has 0 fully saturated rings. The average Bonchev–Trinajstić information content (AvgIpc) is 2.45. The number of hydrogen-bond acceptors (Lipinski definition) is 4. The van der Waals surface area contributed by atoms with Gasteiger partial charge in [0.2, 0.25) is 5.75 Å². The first-order chi connectivity index (χ1) is 9.85. The third-order valence-corrected chi connectivity index (χ3v) is 4.03. The number of hydrogen-bond donors (Lipinski definition) is 1. The molecule has 0 radical (unpaired) electrons. The predicted molar refractivity (Wildman–Crippen MR) is 86.4 cm³/mol. The van der Waals surface area contributed by atoms with Crippen LogP contribution in [0.4, 0.5) is 0 Å². The van der Waals surface area contributed by atoms with Gasteiger partial charge in [0.1, 0.15) is 0 Å². The van der Waals surface area contributed by atoms with Crippen molar-refractivity contribution in [3.63, 3.8) is 0 Å². The van der Waals surface area contributed by atoms with Gasteiger partial charge in [-0.3, -0.25) is 0 Å². The van der Waals surface area contributed by atoms with Crippen LogP contribution < -0.4 is 19.5 Å². The van der Waals surface area contributed by atoms with Crippen molar-refractivity contribution in [1.29, 1.82) is 0 Å². The molecule has 1 aromatic carbocycles. The lowest BCUT2D eigenvalue weighted by Gasteiger charge is -2.27. The average molecular weight is 295 g/mol. The maximum Gasteiger partial charge on any atom is 0.203 e. The Kier molecular flexibility index (Phi) is 6.34. The predicted octanol–water partition coefficient (Wildman–Crippen LogP) is 3.48. The first kappa shape index (κ1) is 17.6. The minimum atomic E-state index is 0.300. The maximum absolute atomic E-state index is 5.49. The fourth-order valence-corrected chi connectivity index (χ4v) is 2.03. The Bertz CT molecular complexity index is 452. The highest BCUT2D eigenvalue weighted by Crippen LogP contribution is 2.39. The molecular formula is C17H29NO3. The van der Waals surface area contributed by atoms with Gasteiger partial charge in [-0.1, -0.05) is 33.8 Å². The van der Waals surface area contributed by atoms with Crippen LogP contribution in [0.1, 0.15) is 33.3 Å². The van der Waals surface area contributed by atoms with Crippen LogP contribution in [-0.4, -0.2) is 27.9 Å². The van der Waals surface area contributed by atoms with Gasteiger partial charge in [0, 0.05) is 12.1 Å². The van der Waals surface area contributed by atoms with Gasteiger partial charge >= 0.3 is 0 Å². The van der Waals surface area contributed by atoms with E-state index in [1.165, 1.54) is 0 Å². The van der Waals surface area contributed by atoms with E-state index in [9.17, 15) is 0 Å². The molecule has 0 spiro atoms. The fourth-order valence-electron chi connectivity index (χ4n) is 2.03. The molecule has 0 aliphatic rings. The van der Waals surface area contributed by atoms with E-state index < -0.39 is 0 Å². The van der Waals surface area contributed by atoms with Gasteiger partial charge in [-0.05, 0) is 23.9 Å². The van der Waals surface area contributed by atoms with Crippen LogP contribution in [0.3, 0.4) is 0 Å². The Hall–Kier alpha value is -1.42. The lowest BCUT2D eigenvalue weighted by molar-refractivity contribution is 0.252. The lowest BCUT2D eigenvalue weighted by atomic mass is 9.82. The first-order valence-corrected chi connectivity index (χ1v) is 7.33. The Balaban J connectivity index is 2.80. The summed E-state index contributed by atoms with van der Waals surface area (Å²) in [6.07, 6.45) is 0. The lowest BCUT2D eigenvalue weighted by Crippen LogP contribution is -2.29. The summed E-state index contributed by atoms with van der Waals surface area (Å²) in [5.74, 6) is 2.64. The second kappa shape index (κ2) is 7.55. The summed E-state index contributed by atoms with van der Waals surface area (Å²) in [7, 11) is 4.90. The first-order valence-electron chi connectivity index (χ1n) is 7.33. The molecule has 4 nitrogen and oxygen atoms in total. The van der Waals surface area contributed by atoms with Crippen molar-refractivity contribution in [2.24, 2.45) is 11.3 Å². The SMILES string of the molecule is COc1ccc(CNCC(C)C(C)(C)C)c(OC)c1OC. The third-order valence-electron chi connectivity index (χ3n) is 4.03. The molecule has 0 heterocycles. The number of nitrogens with one attached hydrogen (secondary N) is 1. The summed E-state index contributed by atoms with van der Waals surface area (Å²) in [6, 6.07) is 3.92. The monoisotopic (exact) mass is 295 g/mol. The van der Waals surface area contributed by atoms with Crippen molar-refractivity contribution in [1.82, 2.24) is 5.32 Å². The van der Waals surface area contributed by atoms with Gasteiger partial charge in [-0.25, -0.2) is 0 Å². The Labute approximate surface area is 128 Å². The summed E-state index contributed by atoms with van der Waals surface area (Å²) in [5, 5.41) is 3.50. The van der Waals surface area contributed by atoms with Gasteiger partial charge in [0.25, 0.3) is 0 Å². The van der Waals surface area contributed by atoms with Crippen LogP contribution in [0, 0.1) is 11.3 Å². The Morgan fingerprint density at radius 3 is 2.10 bits per heavy atom. The van der Waals surface area contributed by atoms with Gasteiger partial charge in [0.15, 0.2) is 11.5 Å². The molecule has 1 atom stereocenters. The van der Waals surface area contributed by atoms with Crippen molar-refractivity contribution in [3.05, 3.63) is 17.7 Å². The van der Waals surface area contributed by atoms with Gasteiger partial charge in [-0.2, -0.15) is 0 Å². The van der Waals surface area contributed by atoms with Crippen LogP contribution in [0.2, 0.25) is 0 Å². The summed E-state index contributed by atoms with van der Waals surface area (Å²) < 4.78 is 16.2.